The second-order valence-corrected chi connectivity index (χ2v) is 6.26. The molecule has 3 N–H and O–H groups in total. The fraction of sp³-hybridized carbons (Fsp3) is 0.0455. The average molecular weight is 370 g/mol. The lowest BCUT2D eigenvalue weighted by atomic mass is 10.2. The molecule has 4 aromatic rings. The Morgan fingerprint density at radius 3 is 2.50 bits per heavy atom. The van der Waals surface area contributed by atoms with E-state index in [1.165, 1.54) is 0 Å². The predicted octanol–water partition coefficient (Wildman–Crippen LogP) is 4.68. The molecule has 0 unspecified atom stereocenters. The molecule has 0 radical (unpaired) electrons. The third-order valence-corrected chi connectivity index (χ3v) is 4.27. The molecular weight excluding hydrogens is 352 g/mol. The van der Waals surface area contributed by atoms with Crippen molar-refractivity contribution >= 4 is 34.3 Å². The zero-order valence-corrected chi connectivity index (χ0v) is 15.0. The number of aromatic nitrogens is 2. The second kappa shape index (κ2) is 7.75. The van der Waals surface area contributed by atoms with Gasteiger partial charge in [0.1, 0.15) is 5.82 Å². The normalized spacial score (nSPS) is 10.6. The number of carbonyl (C=O) groups is 1. The molecular formula is C22H18N4O2. The molecule has 0 fully saturated rings. The third-order valence-electron chi connectivity index (χ3n) is 4.27. The standard InChI is InChI=1S/C22H18N4O2/c27-21(28)16-9-6-10-17(13-16)24-22-25-19-12-5-4-11-18(19)20(26-22)23-14-15-7-2-1-3-8-15/h1-13H,14H2,(H,27,28)(H2,23,24,25,26). The first-order valence-electron chi connectivity index (χ1n) is 8.84. The van der Waals surface area contributed by atoms with Crippen molar-refractivity contribution < 1.29 is 9.90 Å². The molecule has 28 heavy (non-hydrogen) atoms. The largest absolute Gasteiger partial charge is 0.478 e. The molecule has 0 aliphatic carbocycles. The number of aromatic carboxylic acids is 1. The summed E-state index contributed by atoms with van der Waals surface area (Å²) in [6, 6.07) is 24.4. The number of anilines is 3. The van der Waals surface area contributed by atoms with E-state index in [-0.39, 0.29) is 5.56 Å². The molecule has 0 atom stereocenters. The van der Waals surface area contributed by atoms with Gasteiger partial charge in [-0.1, -0.05) is 48.5 Å². The van der Waals surface area contributed by atoms with Crippen molar-refractivity contribution in [3.05, 3.63) is 90.0 Å². The first kappa shape index (κ1) is 17.5. The van der Waals surface area contributed by atoms with Crippen molar-refractivity contribution in [3.63, 3.8) is 0 Å². The van der Waals surface area contributed by atoms with Crippen LogP contribution in [-0.4, -0.2) is 21.0 Å². The summed E-state index contributed by atoms with van der Waals surface area (Å²) in [5, 5.41) is 16.6. The Labute approximate surface area is 161 Å². The first-order chi connectivity index (χ1) is 13.7. The van der Waals surface area contributed by atoms with Gasteiger partial charge >= 0.3 is 5.97 Å². The van der Waals surface area contributed by atoms with Crippen molar-refractivity contribution in [1.29, 1.82) is 0 Å². The number of nitrogens with zero attached hydrogens (tertiary/aromatic N) is 2. The van der Waals surface area contributed by atoms with Crippen LogP contribution in [0.15, 0.2) is 78.9 Å². The molecule has 0 amide bonds. The van der Waals surface area contributed by atoms with Gasteiger partial charge in [0.25, 0.3) is 0 Å². The van der Waals surface area contributed by atoms with Gasteiger partial charge in [0, 0.05) is 17.6 Å². The average Bonchev–Trinajstić information content (AvgIpc) is 2.73. The van der Waals surface area contributed by atoms with E-state index in [9.17, 15) is 4.79 Å². The summed E-state index contributed by atoms with van der Waals surface area (Å²) in [5.74, 6) is 0.136. The SMILES string of the molecule is O=C(O)c1cccc(Nc2nc(NCc3ccccc3)c3ccccc3n2)c1. The number of fused-ring (bicyclic) bond motifs is 1. The molecule has 0 spiro atoms. The molecule has 0 bridgehead atoms. The number of carboxylic acid groups (broad SMARTS) is 1. The topological polar surface area (TPSA) is 87.1 Å². The first-order valence-corrected chi connectivity index (χ1v) is 8.84. The minimum Gasteiger partial charge on any atom is -0.478 e. The lowest BCUT2D eigenvalue weighted by Crippen LogP contribution is -2.06. The van der Waals surface area contributed by atoms with E-state index in [4.69, 9.17) is 5.11 Å². The maximum absolute atomic E-state index is 11.2. The molecule has 1 heterocycles. The molecule has 6 heteroatoms. The summed E-state index contributed by atoms with van der Waals surface area (Å²) in [6.07, 6.45) is 0. The van der Waals surface area contributed by atoms with Gasteiger partial charge < -0.3 is 15.7 Å². The molecule has 0 saturated heterocycles. The van der Waals surface area contributed by atoms with Crippen LogP contribution in [0.3, 0.4) is 0 Å². The highest BCUT2D eigenvalue weighted by Crippen LogP contribution is 2.24. The van der Waals surface area contributed by atoms with Crippen LogP contribution in [0.2, 0.25) is 0 Å². The highest BCUT2D eigenvalue weighted by atomic mass is 16.4. The van der Waals surface area contributed by atoms with Crippen LogP contribution in [-0.2, 0) is 6.54 Å². The van der Waals surface area contributed by atoms with Gasteiger partial charge in [0.2, 0.25) is 5.95 Å². The summed E-state index contributed by atoms with van der Waals surface area (Å²) >= 11 is 0. The maximum Gasteiger partial charge on any atom is 0.335 e. The monoisotopic (exact) mass is 370 g/mol. The quantitative estimate of drug-likeness (QED) is 0.457. The molecule has 138 valence electrons. The Morgan fingerprint density at radius 2 is 1.68 bits per heavy atom. The lowest BCUT2D eigenvalue weighted by molar-refractivity contribution is 0.0697. The van der Waals surface area contributed by atoms with Crippen LogP contribution in [0.5, 0.6) is 0 Å². The van der Waals surface area contributed by atoms with Crippen LogP contribution in [0.1, 0.15) is 15.9 Å². The number of hydrogen-bond donors (Lipinski definition) is 3. The number of carboxylic acids is 1. The van der Waals surface area contributed by atoms with Gasteiger partial charge in [0.15, 0.2) is 0 Å². The molecule has 0 aliphatic rings. The Kier molecular flexibility index (Phi) is 4.84. The Hall–Kier alpha value is -3.93. The third kappa shape index (κ3) is 3.91. The summed E-state index contributed by atoms with van der Waals surface area (Å²) in [7, 11) is 0. The van der Waals surface area contributed by atoms with Gasteiger partial charge in [-0.05, 0) is 35.9 Å². The van der Waals surface area contributed by atoms with Crippen molar-refractivity contribution in [1.82, 2.24) is 9.97 Å². The highest BCUT2D eigenvalue weighted by Gasteiger charge is 2.09. The molecule has 0 aliphatic heterocycles. The van der Waals surface area contributed by atoms with Crippen LogP contribution in [0, 0.1) is 0 Å². The molecule has 0 saturated carbocycles. The summed E-state index contributed by atoms with van der Waals surface area (Å²) in [5.41, 5.74) is 2.76. The maximum atomic E-state index is 11.2. The summed E-state index contributed by atoms with van der Waals surface area (Å²) in [6.45, 7) is 0.635. The van der Waals surface area contributed by atoms with Gasteiger partial charge in [0.05, 0.1) is 11.1 Å². The number of rotatable bonds is 6. The zero-order chi connectivity index (χ0) is 19.3. The Morgan fingerprint density at radius 1 is 0.893 bits per heavy atom. The van der Waals surface area contributed by atoms with Crippen molar-refractivity contribution in [2.75, 3.05) is 10.6 Å². The van der Waals surface area contributed by atoms with E-state index in [0.29, 0.717) is 24.0 Å². The number of nitrogens with one attached hydrogen (secondary N) is 2. The molecule has 6 nitrogen and oxygen atoms in total. The van der Waals surface area contributed by atoms with Crippen LogP contribution >= 0.6 is 0 Å². The molecule has 3 aromatic carbocycles. The van der Waals surface area contributed by atoms with E-state index < -0.39 is 5.97 Å². The predicted molar refractivity (Wildman–Crippen MR) is 110 cm³/mol. The van der Waals surface area contributed by atoms with E-state index in [2.05, 4.69) is 20.6 Å². The van der Waals surface area contributed by atoms with Crippen molar-refractivity contribution in [2.45, 2.75) is 6.54 Å². The lowest BCUT2D eigenvalue weighted by Gasteiger charge is -2.12. The van der Waals surface area contributed by atoms with E-state index >= 15 is 0 Å². The Bertz CT molecular complexity index is 1130. The van der Waals surface area contributed by atoms with E-state index in [1.807, 2.05) is 54.6 Å². The molecule has 1 aromatic heterocycles. The number of benzene rings is 3. The smallest absolute Gasteiger partial charge is 0.335 e. The van der Waals surface area contributed by atoms with Crippen LogP contribution in [0.4, 0.5) is 17.5 Å². The highest BCUT2D eigenvalue weighted by molar-refractivity contribution is 5.91. The fourth-order valence-corrected chi connectivity index (χ4v) is 2.91. The van der Waals surface area contributed by atoms with Crippen molar-refractivity contribution in [3.8, 4) is 0 Å². The summed E-state index contributed by atoms with van der Waals surface area (Å²) in [4.78, 5) is 20.3. The van der Waals surface area contributed by atoms with Crippen LogP contribution in [0.25, 0.3) is 10.9 Å². The minimum atomic E-state index is -0.978. The van der Waals surface area contributed by atoms with Gasteiger partial charge in [-0.2, -0.15) is 4.98 Å². The number of para-hydroxylation sites is 1. The van der Waals surface area contributed by atoms with Gasteiger partial charge in [-0.25, -0.2) is 9.78 Å². The van der Waals surface area contributed by atoms with E-state index in [0.717, 1.165) is 16.5 Å². The van der Waals surface area contributed by atoms with Gasteiger partial charge in [-0.15, -0.1) is 0 Å². The van der Waals surface area contributed by atoms with E-state index in [1.54, 1.807) is 24.3 Å². The minimum absolute atomic E-state index is 0.202. The fourth-order valence-electron chi connectivity index (χ4n) is 2.91. The Balaban J connectivity index is 1.65. The molecule has 4 rings (SSSR count). The second-order valence-electron chi connectivity index (χ2n) is 6.26. The van der Waals surface area contributed by atoms with Crippen molar-refractivity contribution in [2.24, 2.45) is 0 Å². The van der Waals surface area contributed by atoms with Crippen LogP contribution < -0.4 is 10.6 Å². The number of hydrogen-bond acceptors (Lipinski definition) is 5. The summed E-state index contributed by atoms with van der Waals surface area (Å²) < 4.78 is 0. The van der Waals surface area contributed by atoms with Gasteiger partial charge in [-0.3, -0.25) is 0 Å². The zero-order valence-electron chi connectivity index (χ0n) is 15.0.